The molecule has 1 amide bonds. The molecule has 0 bridgehead atoms. The Balaban J connectivity index is 2.24. The second-order valence-corrected chi connectivity index (χ2v) is 5.81. The first-order valence-electron chi connectivity index (χ1n) is 4.91. The minimum absolute atomic E-state index is 0.0619. The van der Waals surface area contributed by atoms with E-state index in [9.17, 15) is 4.79 Å². The van der Waals surface area contributed by atoms with Gasteiger partial charge in [-0.25, -0.2) is 0 Å². The van der Waals surface area contributed by atoms with Crippen LogP contribution in [0.5, 0.6) is 0 Å². The molecule has 0 fully saturated rings. The predicted molar refractivity (Wildman–Crippen MR) is 67.0 cm³/mol. The highest BCUT2D eigenvalue weighted by atomic mass is 79.9. The molecular weight excluding hydrogens is 276 g/mol. The summed E-state index contributed by atoms with van der Waals surface area (Å²) in [5, 5.41) is 2.82. The summed E-state index contributed by atoms with van der Waals surface area (Å²) in [5.41, 5.74) is 5.58. The number of halogens is 1. The zero-order chi connectivity index (χ0) is 11.3. The van der Waals surface area contributed by atoms with E-state index in [0.29, 0.717) is 13.0 Å². The summed E-state index contributed by atoms with van der Waals surface area (Å²) in [7, 11) is 0. The lowest BCUT2D eigenvalue weighted by atomic mass is 10.2. The average molecular weight is 291 g/mol. The van der Waals surface area contributed by atoms with E-state index in [-0.39, 0.29) is 11.9 Å². The molecule has 84 valence electrons. The molecular formula is C10H15BrN2OS. The van der Waals surface area contributed by atoms with E-state index < -0.39 is 0 Å². The molecule has 3 nitrogen and oxygen atoms in total. The molecule has 1 heterocycles. The lowest BCUT2D eigenvalue weighted by molar-refractivity contribution is -0.122. The molecule has 5 heteroatoms. The van der Waals surface area contributed by atoms with Gasteiger partial charge in [0.15, 0.2) is 0 Å². The van der Waals surface area contributed by atoms with Gasteiger partial charge < -0.3 is 11.1 Å². The van der Waals surface area contributed by atoms with Gasteiger partial charge in [0.1, 0.15) is 0 Å². The van der Waals surface area contributed by atoms with Crippen molar-refractivity contribution in [3.8, 4) is 0 Å². The standard InChI is InChI=1S/C10H15BrN2OS/c1-2-8(12)10(14)13-6-5-7-3-4-9(11)15-7/h3-4,8H,2,5-6,12H2,1H3,(H,13,14)/t8-/m0/s1. The topological polar surface area (TPSA) is 55.1 Å². The molecule has 0 aliphatic heterocycles. The van der Waals surface area contributed by atoms with Crippen molar-refractivity contribution >= 4 is 33.2 Å². The van der Waals surface area contributed by atoms with Crippen LogP contribution in [0.4, 0.5) is 0 Å². The Morgan fingerprint density at radius 1 is 1.67 bits per heavy atom. The third-order valence-electron chi connectivity index (χ3n) is 2.08. The third kappa shape index (κ3) is 4.32. The fourth-order valence-electron chi connectivity index (χ4n) is 1.11. The molecule has 1 aromatic rings. The van der Waals surface area contributed by atoms with Gasteiger partial charge in [-0.2, -0.15) is 0 Å². The summed E-state index contributed by atoms with van der Waals surface area (Å²) in [6.45, 7) is 2.56. The quantitative estimate of drug-likeness (QED) is 0.870. The third-order valence-corrected chi connectivity index (χ3v) is 3.76. The number of carbonyl (C=O) groups is 1. The van der Waals surface area contributed by atoms with Crippen LogP contribution in [0.15, 0.2) is 15.9 Å². The summed E-state index contributed by atoms with van der Waals surface area (Å²) in [6, 6.07) is 3.69. The van der Waals surface area contributed by atoms with E-state index in [1.165, 1.54) is 4.88 Å². The summed E-state index contributed by atoms with van der Waals surface area (Å²) in [4.78, 5) is 12.6. The van der Waals surface area contributed by atoms with Crippen molar-refractivity contribution in [3.63, 3.8) is 0 Å². The highest BCUT2D eigenvalue weighted by Gasteiger charge is 2.09. The first-order valence-corrected chi connectivity index (χ1v) is 6.52. The summed E-state index contributed by atoms with van der Waals surface area (Å²) >= 11 is 5.09. The number of nitrogens with one attached hydrogen (secondary N) is 1. The SMILES string of the molecule is CC[C@H](N)C(=O)NCCc1ccc(Br)s1. The van der Waals surface area contributed by atoms with Gasteiger partial charge in [-0.3, -0.25) is 4.79 Å². The van der Waals surface area contributed by atoms with Crippen molar-refractivity contribution in [1.29, 1.82) is 0 Å². The van der Waals surface area contributed by atoms with Crippen LogP contribution in [0, 0.1) is 0 Å². The maximum atomic E-state index is 11.3. The first kappa shape index (κ1) is 12.7. The van der Waals surface area contributed by atoms with Crippen LogP contribution in [0.2, 0.25) is 0 Å². The maximum absolute atomic E-state index is 11.3. The van der Waals surface area contributed by atoms with Crippen molar-refractivity contribution in [3.05, 3.63) is 20.8 Å². The van der Waals surface area contributed by atoms with Crippen molar-refractivity contribution in [2.24, 2.45) is 5.73 Å². The molecule has 0 radical (unpaired) electrons. The zero-order valence-corrected chi connectivity index (χ0v) is 11.0. The van der Waals surface area contributed by atoms with Gasteiger partial charge in [-0.15, -0.1) is 11.3 Å². The second kappa shape index (κ2) is 6.25. The Hall–Kier alpha value is -0.390. The van der Waals surface area contributed by atoms with E-state index in [0.717, 1.165) is 10.2 Å². The van der Waals surface area contributed by atoms with Crippen LogP contribution in [-0.2, 0) is 11.2 Å². The highest BCUT2D eigenvalue weighted by molar-refractivity contribution is 9.11. The predicted octanol–water partition coefficient (Wildman–Crippen LogP) is 1.91. The normalized spacial score (nSPS) is 12.5. The van der Waals surface area contributed by atoms with Gasteiger partial charge in [-0.05, 0) is 40.9 Å². The molecule has 0 aliphatic carbocycles. The molecule has 0 spiro atoms. The number of carbonyl (C=O) groups excluding carboxylic acids is 1. The lowest BCUT2D eigenvalue weighted by Gasteiger charge is -2.08. The van der Waals surface area contributed by atoms with Crippen molar-refractivity contribution in [1.82, 2.24) is 5.32 Å². The summed E-state index contributed by atoms with van der Waals surface area (Å²) < 4.78 is 1.12. The minimum Gasteiger partial charge on any atom is -0.354 e. The lowest BCUT2D eigenvalue weighted by Crippen LogP contribution is -2.40. The van der Waals surface area contributed by atoms with Gasteiger partial charge in [0, 0.05) is 11.4 Å². The van der Waals surface area contributed by atoms with E-state index in [1.54, 1.807) is 11.3 Å². The number of hydrogen-bond acceptors (Lipinski definition) is 3. The van der Waals surface area contributed by atoms with Gasteiger partial charge >= 0.3 is 0 Å². The van der Waals surface area contributed by atoms with Crippen LogP contribution in [-0.4, -0.2) is 18.5 Å². The Kier molecular flexibility index (Phi) is 5.28. The largest absolute Gasteiger partial charge is 0.354 e. The molecule has 0 aromatic carbocycles. The fraction of sp³-hybridized carbons (Fsp3) is 0.500. The highest BCUT2D eigenvalue weighted by Crippen LogP contribution is 2.21. The molecule has 0 saturated heterocycles. The Bertz CT molecular complexity index is 327. The molecule has 3 N–H and O–H groups in total. The van der Waals surface area contributed by atoms with Crippen molar-refractivity contribution in [2.45, 2.75) is 25.8 Å². The van der Waals surface area contributed by atoms with Gasteiger partial charge in [0.05, 0.1) is 9.83 Å². The number of thiophene rings is 1. The van der Waals surface area contributed by atoms with Crippen LogP contribution in [0.3, 0.4) is 0 Å². The van der Waals surface area contributed by atoms with E-state index >= 15 is 0 Å². The van der Waals surface area contributed by atoms with E-state index in [4.69, 9.17) is 5.73 Å². The average Bonchev–Trinajstić information content (AvgIpc) is 2.63. The second-order valence-electron chi connectivity index (χ2n) is 3.26. The van der Waals surface area contributed by atoms with Crippen LogP contribution < -0.4 is 11.1 Å². The molecule has 0 unspecified atom stereocenters. The first-order chi connectivity index (χ1) is 7.13. The monoisotopic (exact) mass is 290 g/mol. The number of rotatable bonds is 5. The fourth-order valence-corrected chi connectivity index (χ4v) is 2.59. The van der Waals surface area contributed by atoms with E-state index in [1.807, 2.05) is 13.0 Å². The molecule has 1 atom stereocenters. The van der Waals surface area contributed by atoms with Gasteiger partial charge in [0.25, 0.3) is 0 Å². The van der Waals surface area contributed by atoms with E-state index in [2.05, 4.69) is 27.3 Å². The Morgan fingerprint density at radius 3 is 2.93 bits per heavy atom. The van der Waals surface area contributed by atoms with Crippen LogP contribution in [0.25, 0.3) is 0 Å². The maximum Gasteiger partial charge on any atom is 0.236 e. The van der Waals surface area contributed by atoms with Gasteiger partial charge in [0.2, 0.25) is 5.91 Å². The Morgan fingerprint density at radius 2 is 2.40 bits per heavy atom. The van der Waals surface area contributed by atoms with Crippen LogP contribution >= 0.6 is 27.3 Å². The molecule has 0 aliphatic rings. The van der Waals surface area contributed by atoms with Crippen molar-refractivity contribution < 1.29 is 4.79 Å². The van der Waals surface area contributed by atoms with Crippen molar-refractivity contribution in [2.75, 3.05) is 6.54 Å². The number of amides is 1. The summed E-state index contributed by atoms with van der Waals surface area (Å²) in [5.74, 6) is -0.0619. The number of hydrogen-bond donors (Lipinski definition) is 2. The minimum atomic E-state index is -0.375. The summed E-state index contributed by atoms with van der Waals surface area (Å²) in [6.07, 6.45) is 1.54. The molecule has 0 saturated carbocycles. The number of nitrogens with two attached hydrogens (primary N) is 1. The molecule has 1 rings (SSSR count). The molecule has 1 aromatic heterocycles. The Labute approximate surface area is 102 Å². The zero-order valence-electron chi connectivity index (χ0n) is 8.63. The molecule has 15 heavy (non-hydrogen) atoms. The smallest absolute Gasteiger partial charge is 0.236 e. The van der Waals surface area contributed by atoms with Gasteiger partial charge in [-0.1, -0.05) is 6.92 Å². The van der Waals surface area contributed by atoms with Crippen LogP contribution in [0.1, 0.15) is 18.2 Å².